The van der Waals surface area contributed by atoms with E-state index in [4.69, 9.17) is 4.74 Å². The second kappa shape index (κ2) is 6.77. The Labute approximate surface area is 111 Å². The van der Waals surface area contributed by atoms with Crippen molar-refractivity contribution in [2.24, 2.45) is 0 Å². The molecule has 0 saturated carbocycles. The average molecular weight is 323 g/mol. The summed E-state index contributed by atoms with van der Waals surface area (Å²) in [7, 11) is 0. The molecule has 0 aliphatic carbocycles. The van der Waals surface area contributed by atoms with Gasteiger partial charge >= 0.3 is 5.69 Å². The summed E-state index contributed by atoms with van der Waals surface area (Å²) in [6.45, 7) is 1.37. The van der Waals surface area contributed by atoms with Crippen LogP contribution in [0.1, 0.15) is 0 Å². The van der Waals surface area contributed by atoms with E-state index in [1.807, 2.05) is 0 Å². The number of nitrogens with zero attached hydrogens (tertiary/aromatic N) is 2. The zero-order valence-corrected chi connectivity index (χ0v) is 11.3. The fraction of sp³-hybridized carbons (Fsp3) is 0.444. The summed E-state index contributed by atoms with van der Waals surface area (Å²) in [5.74, 6) is 0.619. The minimum absolute atomic E-state index is 0.167. The second-order valence-electron chi connectivity index (χ2n) is 3.15. The number of hydrogen-bond donors (Lipinski definition) is 1. The molecule has 0 radical (unpaired) electrons. The maximum Gasteiger partial charge on any atom is 0.333 e. The molecule has 0 bridgehead atoms. The lowest BCUT2D eigenvalue weighted by molar-refractivity contribution is -0.386. The molecule has 8 heteroatoms. The summed E-state index contributed by atoms with van der Waals surface area (Å²) in [4.78, 5) is 21.3. The molecule has 94 valence electrons. The van der Waals surface area contributed by atoms with Crippen molar-refractivity contribution in [2.45, 2.75) is 6.54 Å². The van der Waals surface area contributed by atoms with Gasteiger partial charge in [-0.25, -0.2) is 0 Å². The first kappa shape index (κ1) is 14.2. The Balaban J connectivity index is 2.80. The molecule has 0 aliphatic rings. The van der Waals surface area contributed by atoms with Crippen LogP contribution in [0.15, 0.2) is 21.7 Å². The van der Waals surface area contributed by atoms with Crippen LogP contribution in [0.4, 0.5) is 5.69 Å². The predicted molar refractivity (Wildman–Crippen MR) is 69.7 cm³/mol. The maximum absolute atomic E-state index is 11.4. The van der Waals surface area contributed by atoms with Gasteiger partial charge in [-0.2, -0.15) is 12.6 Å². The van der Waals surface area contributed by atoms with Gasteiger partial charge in [-0.15, -0.1) is 0 Å². The van der Waals surface area contributed by atoms with E-state index in [2.05, 4.69) is 28.6 Å². The molecule has 0 saturated heterocycles. The highest BCUT2D eigenvalue weighted by atomic mass is 79.9. The number of nitro groups is 1. The van der Waals surface area contributed by atoms with Crippen LogP contribution in [0.5, 0.6) is 0 Å². The Morgan fingerprint density at radius 1 is 1.47 bits per heavy atom. The number of pyridine rings is 1. The summed E-state index contributed by atoms with van der Waals surface area (Å²) in [6, 6.07) is 0. The van der Waals surface area contributed by atoms with Crippen LogP contribution in [0.3, 0.4) is 0 Å². The van der Waals surface area contributed by atoms with Crippen molar-refractivity contribution in [2.75, 3.05) is 19.0 Å². The topological polar surface area (TPSA) is 74.4 Å². The van der Waals surface area contributed by atoms with Gasteiger partial charge < -0.3 is 9.30 Å². The van der Waals surface area contributed by atoms with Crippen molar-refractivity contribution in [1.29, 1.82) is 0 Å². The number of thiol groups is 1. The number of ether oxygens (including phenoxy) is 1. The van der Waals surface area contributed by atoms with Crippen molar-refractivity contribution in [3.8, 4) is 0 Å². The SMILES string of the molecule is O=c1c(Br)cn(CCOCCS)cc1[N+](=O)[O-]. The van der Waals surface area contributed by atoms with Crippen molar-refractivity contribution >= 4 is 34.2 Å². The van der Waals surface area contributed by atoms with Gasteiger partial charge in [-0.05, 0) is 15.9 Å². The third-order valence-corrected chi connectivity index (χ3v) is 2.69. The van der Waals surface area contributed by atoms with Gasteiger partial charge in [0, 0.05) is 18.5 Å². The first-order valence-electron chi connectivity index (χ1n) is 4.79. The Kier molecular flexibility index (Phi) is 5.66. The van der Waals surface area contributed by atoms with Gasteiger partial charge in [0.2, 0.25) is 0 Å². The lowest BCUT2D eigenvalue weighted by Gasteiger charge is -2.07. The van der Waals surface area contributed by atoms with Gasteiger partial charge in [-0.3, -0.25) is 14.9 Å². The standard InChI is InChI=1S/C9H11BrN2O4S/c10-7-5-11(1-2-16-3-4-17)6-8(9(7)13)12(14)15/h5-6,17H,1-4H2. The highest BCUT2D eigenvalue weighted by Crippen LogP contribution is 2.10. The molecule has 1 aromatic heterocycles. The third kappa shape index (κ3) is 4.14. The molecule has 0 N–H and O–H groups in total. The van der Waals surface area contributed by atoms with E-state index in [0.29, 0.717) is 25.5 Å². The molecule has 1 rings (SSSR count). The van der Waals surface area contributed by atoms with E-state index in [0.717, 1.165) is 0 Å². The van der Waals surface area contributed by atoms with Gasteiger partial charge in [0.05, 0.1) is 28.8 Å². The van der Waals surface area contributed by atoms with E-state index >= 15 is 0 Å². The number of rotatable bonds is 6. The summed E-state index contributed by atoms with van der Waals surface area (Å²) in [5.41, 5.74) is -1.07. The zero-order chi connectivity index (χ0) is 12.8. The van der Waals surface area contributed by atoms with Gasteiger partial charge in [0.1, 0.15) is 0 Å². The fourth-order valence-corrected chi connectivity index (χ4v) is 1.77. The molecular weight excluding hydrogens is 312 g/mol. The van der Waals surface area contributed by atoms with Crippen molar-refractivity contribution in [1.82, 2.24) is 4.57 Å². The van der Waals surface area contributed by atoms with Crippen molar-refractivity contribution < 1.29 is 9.66 Å². The van der Waals surface area contributed by atoms with E-state index in [1.165, 1.54) is 12.4 Å². The normalized spacial score (nSPS) is 10.5. The first-order valence-corrected chi connectivity index (χ1v) is 6.21. The van der Waals surface area contributed by atoms with Crippen LogP contribution in [0.2, 0.25) is 0 Å². The summed E-state index contributed by atoms with van der Waals surface area (Å²) < 4.78 is 6.91. The molecule has 1 aromatic rings. The summed E-state index contributed by atoms with van der Waals surface area (Å²) in [6.07, 6.45) is 2.70. The summed E-state index contributed by atoms with van der Waals surface area (Å²) in [5, 5.41) is 10.6. The molecule has 0 atom stereocenters. The summed E-state index contributed by atoms with van der Waals surface area (Å²) >= 11 is 6.98. The highest BCUT2D eigenvalue weighted by Gasteiger charge is 2.15. The number of aromatic nitrogens is 1. The first-order chi connectivity index (χ1) is 8.06. The molecule has 0 aromatic carbocycles. The molecule has 6 nitrogen and oxygen atoms in total. The van der Waals surface area contributed by atoms with Crippen molar-refractivity contribution in [3.63, 3.8) is 0 Å². The molecular formula is C9H11BrN2O4S. The minimum atomic E-state index is -0.696. The number of hydrogen-bond acceptors (Lipinski definition) is 5. The number of halogens is 1. The zero-order valence-electron chi connectivity index (χ0n) is 8.84. The Morgan fingerprint density at radius 3 is 2.76 bits per heavy atom. The van der Waals surface area contributed by atoms with E-state index < -0.39 is 16.0 Å². The lowest BCUT2D eigenvalue weighted by atomic mass is 10.4. The molecule has 0 fully saturated rings. The highest BCUT2D eigenvalue weighted by molar-refractivity contribution is 9.10. The molecule has 0 amide bonds. The van der Waals surface area contributed by atoms with Gasteiger partial charge in [0.15, 0.2) is 0 Å². The van der Waals surface area contributed by atoms with Crippen LogP contribution < -0.4 is 5.43 Å². The van der Waals surface area contributed by atoms with Crippen molar-refractivity contribution in [3.05, 3.63) is 37.2 Å². The monoisotopic (exact) mass is 322 g/mol. The molecule has 1 heterocycles. The van der Waals surface area contributed by atoms with E-state index in [9.17, 15) is 14.9 Å². The van der Waals surface area contributed by atoms with Gasteiger partial charge in [0.25, 0.3) is 5.43 Å². The van der Waals surface area contributed by atoms with E-state index in [1.54, 1.807) is 4.57 Å². The smallest absolute Gasteiger partial charge is 0.333 e. The largest absolute Gasteiger partial charge is 0.379 e. The Morgan fingerprint density at radius 2 is 2.18 bits per heavy atom. The Bertz CT molecular complexity index is 463. The van der Waals surface area contributed by atoms with Crippen LogP contribution >= 0.6 is 28.6 Å². The fourth-order valence-electron chi connectivity index (χ4n) is 1.18. The minimum Gasteiger partial charge on any atom is -0.379 e. The van der Waals surface area contributed by atoms with Gasteiger partial charge in [-0.1, -0.05) is 0 Å². The average Bonchev–Trinajstić information content (AvgIpc) is 2.28. The van der Waals surface area contributed by atoms with Crippen LogP contribution in [0.25, 0.3) is 0 Å². The molecule has 0 spiro atoms. The van der Waals surface area contributed by atoms with Crippen LogP contribution in [-0.2, 0) is 11.3 Å². The Hall–Kier alpha value is -0.860. The molecule has 17 heavy (non-hydrogen) atoms. The second-order valence-corrected chi connectivity index (χ2v) is 4.45. The van der Waals surface area contributed by atoms with Crippen LogP contribution in [0, 0.1) is 10.1 Å². The third-order valence-electron chi connectivity index (χ3n) is 1.94. The maximum atomic E-state index is 11.4. The van der Waals surface area contributed by atoms with E-state index in [-0.39, 0.29) is 4.47 Å². The lowest BCUT2D eigenvalue weighted by Crippen LogP contribution is -2.15. The molecule has 0 aliphatic heterocycles. The van der Waals surface area contributed by atoms with Crippen LogP contribution in [-0.4, -0.2) is 28.5 Å². The predicted octanol–water partition coefficient (Wildman–Crippen LogP) is 1.47. The quantitative estimate of drug-likeness (QED) is 0.372. The molecule has 0 unspecified atom stereocenters.